The number of Topliss-reactive ketones (excluding diaryl/α,β-unsaturated/α-hetero) is 2. The summed E-state index contributed by atoms with van der Waals surface area (Å²) in [4.78, 5) is 72.9. The number of rotatable bonds is 21. The predicted octanol–water partition coefficient (Wildman–Crippen LogP) is -0.175. The summed E-state index contributed by atoms with van der Waals surface area (Å²) in [7, 11) is 3.25. The van der Waals surface area contributed by atoms with Gasteiger partial charge in [0.15, 0.2) is 5.78 Å². The molecule has 0 aliphatic rings. The van der Waals surface area contributed by atoms with Crippen LogP contribution in [0.15, 0.2) is 0 Å². The van der Waals surface area contributed by atoms with E-state index in [4.69, 9.17) is 10.5 Å². The Balaban J connectivity index is 4.16. The first-order chi connectivity index (χ1) is 17.5. The highest BCUT2D eigenvalue weighted by molar-refractivity contribution is 6.38. The van der Waals surface area contributed by atoms with Crippen molar-refractivity contribution in [2.75, 3.05) is 40.3 Å². The van der Waals surface area contributed by atoms with Crippen molar-refractivity contribution in [2.45, 2.75) is 83.7 Å². The smallest absolute Gasteiger partial charge is 0.306 e. The average Bonchev–Trinajstić information content (AvgIpc) is 2.86. The first-order valence-electron chi connectivity index (χ1n) is 12.9. The lowest BCUT2D eigenvalue weighted by molar-refractivity contribution is -0.145. The summed E-state index contributed by atoms with van der Waals surface area (Å²) >= 11 is 0. The van der Waals surface area contributed by atoms with Crippen LogP contribution in [0.5, 0.6) is 0 Å². The lowest BCUT2D eigenvalue weighted by Crippen LogP contribution is -2.49. The van der Waals surface area contributed by atoms with Crippen molar-refractivity contribution < 1.29 is 33.5 Å². The summed E-state index contributed by atoms with van der Waals surface area (Å²) in [5, 5.41) is 8.08. The minimum absolute atomic E-state index is 0.00652. The monoisotopic (exact) mass is 527 g/mol. The molecule has 0 aliphatic carbocycles. The number of carbonyl (C=O) groups excluding carboxylic acids is 6. The second-order valence-electron chi connectivity index (χ2n) is 8.99. The van der Waals surface area contributed by atoms with Crippen molar-refractivity contribution in [3.8, 4) is 0 Å². The molecule has 0 aromatic rings. The lowest BCUT2D eigenvalue weighted by Gasteiger charge is -2.18. The van der Waals surface area contributed by atoms with Crippen LogP contribution >= 0.6 is 0 Å². The van der Waals surface area contributed by atoms with Crippen LogP contribution in [-0.4, -0.2) is 92.6 Å². The molecule has 0 saturated carbocycles. The normalized spacial score (nSPS) is 12.2. The molecule has 212 valence electrons. The van der Waals surface area contributed by atoms with Gasteiger partial charge in [-0.3, -0.25) is 28.8 Å². The van der Waals surface area contributed by atoms with E-state index in [0.29, 0.717) is 58.2 Å². The second-order valence-corrected chi connectivity index (χ2v) is 8.99. The molecule has 0 aromatic carbocycles. The molecule has 12 nitrogen and oxygen atoms in total. The highest BCUT2D eigenvalue weighted by Crippen LogP contribution is 2.05. The Morgan fingerprint density at radius 1 is 0.892 bits per heavy atom. The number of nitrogens with one attached hydrogen (secondary N) is 3. The summed E-state index contributed by atoms with van der Waals surface area (Å²) in [5.74, 6) is -2.45. The van der Waals surface area contributed by atoms with E-state index in [2.05, 4.69) is 16.0 Å². The van der Waals surface area contributed by atoms with Gasteiger partial charge in [-0.2, -0.15) is 0 Å². The fraction of sp³-hybridized carbons (Fsp3) is 0.760. The third-order valence-corrected chi connectivity index (χ3v) is 5.87. The number of ether oxygens (including phenoxy) is 1. The van der Waals surface area contributed by atoms with Crippen LogP contribution in [0.4, 0.5) is 0 Å². The number of unbranched alkanes of at least 4 members (excludes halogenated alkanes) is 2. The summed E-state index contributed by atoms with van der Waals surface area (Å²) in [6.45, 7) is 4.38. The number of nitrogens with two attached hydrogens (primary N) is 1. The zero-order valence-corrected chi connectivity index (χ0v) is 22.7. The SMILES string of the molecule is CNC(CCCCNC(=O)CCC(=O)OCCCN(C)C(C)=O)C(=O)C(=O)NC(CCCCN)C(C)=O. The second kappa shape index (κ2) is 20.2. The predicted molar refractivity (Wildman–Crippen MR) is 138 cm³/mol. The van der Waals surface area contributed by atoms with E-state index in [9.17, 15) is 28.8 Å². The molecule has 0 spiro atoms. The van der Waals surface area contributed by atoms with Crippen molar-refractivity contribution >= 4 is 35.3 Å². The third kappa shape index (κ3) is 16.5. The maximum absolute atomic E-state index is 12.5. The van der Waals surface area contributed by atoms with Gasteiger partial charge in [0.25, 0.3) is 5.91 Å². The fourth-order valence-electron chi connectivity index (χ4n) is 3.39. The van der Waals surface area contributed by atoms with Crippen molar-refractivity contribution in [3.63, 3.8) is 0 Å². The molecule has 37 heavy (non-hydrogen) atoms. The summed E-state index contributed by atoms with van der Waals surface area (Å²) in [5.41, 5.74) is 5.46. The van der Waals surface area contributed by atoms with E-state index < -0.39 is 29.7 Å². The maximum atomic E-state index is 12.5. The minimum Gasteiger partial charge on any atom is -0.466 e. The van der Waals surface area contributed by atoms with E-state index in [1.165, 1.54) is 18.7 Å². The van der Waals surface area contributed by atoms with Crippen LogP contribution in [0.25, 0.3) is 0 Å². The van der Waals surface area contributed by atoms with Gasteiger partial charge in [0.2, 0.25) is 17.6 Å². The number of hydrogen-bond acceptors (Lipinski definition) is 9. The molecule has 0 radical (unpaired) electrons. The van der Waals surface area contributed by atoms with Crippen molar-refractivity contribution in [3.05, 3.63) is 0 Å². The zero-order chi connectivity index (χ0) is 28.2. The Kier molecular flexibility index (Phi) is 18.7. The van der Waals surface area contributed by atoms with Crippen molar-refractivity contribution in [1.82, 2.24) is 20.9 Å². The largest absolute Gasteiger partial charge is 0.466 e. The van der Waals surface area contributed by atoms with Gasteiger partial charge in [-0.05, 0) is 65.5 Å². The topological polar surface area (TPSA) is 177 Å². The van der Waals surface area contributed by atoms with Gasteiger partial charge in [-0.1, -0.05) is 0 Å². The molecule has 0 aliphatic heterocycles. The molecule has 2 atom stereocenters. The van der Waals surface area contributed by atoms with Crippen LogP contribution in [0.1, 0.15) is 71.6 Å². The number of hydrogen-bond donors (Lipinski definition) is 4. The number of amides is 3. The van der Waals surface area contributed by atoms with Gasteiger partial charge < -0.3 is 31.3 Å². The molecule has 0 aromatic heterocycles. The number of carbonyl (C=O) groups is 6. The number of ketones is 2. The summed E-state index contributed by atoms with van der Waals surface area (Å²) in [6.07, 6.45) is 3.90. The van der Waals surface area contributed by atoms with Crippen molar-refractivity contribution in [2.24, 2.45) is 5.73 Å². The van der Waals surface area contributed by atoms with Gasteiger partial charge in [0.1, 0.15) is 0 Å². The maximum Gasteiger partial charge on any atom is 0.306 e. The molecular formula is C25H45N5O7. The third-order valence-electron chi connectivity index (χ3n) is 5.87. The molecule has 2 unspecified atom stereocenters. The van der Waals surface area contributed by atoms with Gasteiger partial charge >= 0.3 is 5.97 Å². The Labute approximate surface area is 219 Å². The average molecular weight is 528 g/mol. The van der Waals surface area contributed by atoms with Gasteiger partial charge in [-0.25, -0.2) is 0 Å². The lowest BCUT2D eigenvalue weighted by atomic mass is 10.0. The highest BCUT2D eigenvalue weighted by Gasteiger charge is 2.26. The molecule has 0 bridgehead atoms. The van der Waals surface area contributed by atoms with Gasteiger partial charge in [-0.15, -0.1) is 0 Å². The van der Waals surface area contributed by atoms with E-state index in [1.54, 1.807) is 14.1 Å². The fourth-order valence-corrected chi connectivity index (χ4v) is 3.39. The standard InChI is InChI=1S/C25H45N5O7/c1-18(31)20(10-5-7-14-26)29-25(36)24(35)21(27-3)11-6-8-15-28-22(33)12-13-23(34)37-17-9-16-30(4)19(2)32/h20-21,27H,5-17,26H2,1-4H3,(H,28,33)(H,29,36). The van der Waals surface area contributed by atoms with E-state index in [-0.39, 0.29) is 37.0 Å². The van der Waals surface area contributed by atoms with Crippen LogP contribution in [0.3, 0.4) is 0 Å². The van der Waals surface area contributed by atoms with Crippen molar-refractivity contribution in [1.29, 1.82) is 0 Å². The minimum atomic E-state index is -0.793. The first-order valence-corrected chi connectivity index (χ1v) is 12.9. The van der Waals surface area contributed by atoms with Crippen LogP contribution < -0.4 is 21.7 Å². The summed E-state index contributed by atoms with van der Waals surface area (Å²) < 4.78 is 5.06. The van der Waals surface area contributed by atoms with E-state index in [1.807, 2.05) is 0 Å². The number of likely N-dealkylation sites (N-methyl/N-ethyl adjacent to an activating group) is 1. The first kappa shape index (κ1) is 34.1. The molecule has 5 N–H and O–H groups in total. The Bertz CT molecular complexity index is 760. The molecule has 0 rings (SSSR count). The molecule has 0 fully saturated rings. The van der Waals surface area contributed by atoms with E-state index >= 15 is 0 Å². The van der Waals surface area contributed by atoms with Crippen LogP contribution in [0.2, 0.25) is 0 Å². The van der Waals surface area contributed by atoms with Gasteiger partial charge in [0.05, 0.1) is 25.1 Å². The van der Waals surface area contributed by atoms with Gasteiger partial charge in [0, 0.05) is 33.5 Å². The highest BCUT2D eigenvalue weighted by atomic mass is 16.5. The molecule has 0 heterocycles. The Morgan fingerprint density at radius 2 is 1.54 bits per heavy atom. The molecule has 3 amide bonds. The molecular weight excluding hydrogens is 482 g/mol. The molecule has 12 heteroatoms. The zero-order valence-electron chi connectivity index (χ0n) is 22.7. The van der Waals surface area contributed by atoms with E-state index in [0.717, 1.165) is 6.42 Å². The summed E-state index contributed by atoms with van der Waals surface area (Å²) in [6, 6.07) is -1.40. The van der Waals surface area contributed by atoms with Crippen LogP contribution in [0, 0.1) is 0 Å². The Morgan fingerprint density at radius 3 is 2.14 bits per heavy atom. The number of nitrogens with zero attached hydrogens (tertiary/aromatic N) is 1. The number of esters is 1. The molecule has 0 saturated heterocycles. The quantitative estimate of drug-likeness (QED) is 0.0896. The Hall–Kier alpha value is -2.86. The van der Waals surface area contributed by atoms with Crippen LogP contribution in [-0.2, 0) is 33.5 Å².